The number of morpholine rings is 1. The molecule has 2 aliphatic carbocycles. The van der Waals surface area contributed by atoms with Gasteiger partial charge in [0.1, 0.15) is 0 Å². The van der Waals surface area contributed by atoms with E-state index in [-0.39, 0.29) is 6.03 Å². The lowest BCUT2D eigenvalue weighted by Gasteiger charge is -2.50. The van der Waals surface area contributed by atoms with Crippen molar-refractivity contribution in [2.24, 2.45) is 17.8 Å². The van der Waals surface area contributed by atoms with Gasteiger partial charge >= 0.3 is 6.03 Å². The Bertz CT molecular complexity index is 381. The lowest BCUT2D eigenvalue weighted by Crippen LogP contribution is -2.63. The molecule has 112 valence electrons. The molecule has 2 bridgehead atoms. The number of urea groups is 1. The third-order valence-corrected chi connectivity index (χ3v) is 5.88. The Kier molecular flexibility index (Phi) is 3.34. The molecule has 20 heavy (non-hydrogen) atoms. The number of hydrogen-bond donors (Lipinski definition) is 1. The number of fused-ring (bicyclic) bond motifs is 5. The lowest BCUT2D eigenvalue weighted by atomic mass is 9.77. The number of carbonyl (C=O) groups is 1. The first-order valence-corrected chi connectivity index (χ1v) is 8.17. The summed E-state index contributed by atoms with van der Waals surface area (Å²) in [5.41, 5.74) is 0. The van der Waals surface area contributed by atoms with Crippen molar-refractivity contribution in [1.29, 1.82) is 0 Å². The van der Waals surface area contributed by atoms with Gasteiger partial charge in [0.25, 0.3) is 0 Å². The van der Waals surface area contributed by atoms with Gasteiger partial charge in [-0.1, -0.05) is 0 Å². The van der Waals surface area contributed by atoms with Crippen molar-refractivity contribution in [3.63, 3.8) is 0 Å². The SMILES string of the molecule is O=C(NCCN1CCOCC1)N1C[C@@H]2[C@H]3CC[C@@H](C3)[C@@H]21. The van der Waals surface area contributed by atoms with E-state index in [4.69, 9.17) is 4.74 Å². The number of ether oxygens (including phenoxy) is 1. The summed E-state index contributed by atoms with van der Waals surface area (Å²) < 4.78 is 5.33. The molecule has 4 fully saturated rings. The molecule has 0 aromatic carbocycles. The number of nitrogens with one attached hydrogen (secondary N) is 1. The molecule has 1 N–H and O–H groups in total. The molecule has 4 atom stereocenters. The number of rotatable bonds is 3. The van der Waals surface area contributed by atoms with Crippen molar-refractivity contribution < 1.29 is 9.53 Å². The van der Waals surface area contributed by atoms with Gasteiger partial charge in [-0.3, -0.25) is 4.90 Å². The van der Waals surface area contributed by atoms with E-state index in [1.54, 1.807) is 0 Å². The molecule has 4 rings (SSSR count). The fourth-order valence-corrected chi connectivity index (χ4v) is 4.80. The monoisotopic (exact) mass is 279 g/mol. The van der Waals surface area contributed by atoms with E-state index in [1.165, 1.54) is 19.3 Å². The molecule has 2 saturated carbocycles. The molecule has 0 aromatic rings. The third kappa shape index (κ3) is 2.11. The summed E-state index contributed by atoms with van der Waals surface area (Å²) in [4.78, 5) is 16.7. The standard InChI is InChI=1S/C15H25N3O2/c19-15(16-3-4-17-5-7-20-8-6-17)18-10-13-11-1-2-12(9-11)14(13)18/h11-14H,1-10H2,(H,16,19)/t11-,12-,13+,14-/m0/s1. The van der Waals surface area contributed by atoms with Gasteiger partial charge in [-0.15, -0.1) is 0 Å². The third-order valence-electron chi connectivity index (χ3n) is 5.88. The maximum atomic E-state index is 12.3. The Labute approximate surface area is 120 Å². The molecule has 5 heteroatoms. The Morgan fingerprint density at radius 2 is 2.00 bits per heavy atom. The molecule has 0 spiro atoms. The van der Waals surface area contributed by atoms with Gasteiger partial charge in [0, 0.05) is 44.7 Å². The number of likely N-dealkylation sites (tertiary alicyclic amines) is 1. The Morgan fingerprint density at radius 3 is 2.80 bits per heavy atom. The van der Waals surface area contributed by atoms with Crippen LogP contribution in [0.1, 0.15) is 19.3 Å². The topological polar surface area (TPSA) is 44.8 Å². The van der Waals surface area contributed by atoms with Crippen LogP contribution in [0.5, 0.6) is 0 Å². The second-order valence-corrected chi connectivity index (χ2v) is 6.83. The van der Waals surface area contributed by atoms with Crippen LogP contribution in [-0.2, 0) is 4.74 Å². The molecule has 5 nitrogen and oxygen atoms in total. The number of nitrogens with zero attached hydrogens (tertiary/aromatic N) is 2. The van der Waals surface area contributed by atoms with E-state index < -0.39 is 0 Å². The number of hydrogen-bond acceptors (Lipinski definition) is 3. The van der Waals surface area contributed by atoms with Crippen LogP contribution in [0.15, 0.2) is 0 Å². The smallest absolute Gasteiger partial charge is 0.317 e. The van der Waals surface area contributed by atoms with Gasteiger partial charge in [0.15, 0.2) is 0 Å². The summed E-state index contributed by atoms with van der Waals surface area (Å²) in [5, 5.41) is 3.11. The molecular formula is C15H25N3O2. The first kappa shape index (κ1) is 12.9. The van der Waals surface area contributed by atoms with E-state index >= 15 is 0 Å². The first-order valence-electron chi connectivity index (χ1n) is 8.17. The highest BCUT2D eigenvalue weighted by atomic mass is 16.5. The Morgan fingerprint density at radius 1 is 1.20 bits per heavy atom. The first-order chi connectivity index (χ1) is 9.83. The zero-order chi connectivity index (χ0) is 13.5. The summed E-state index contributed by atoms with van der Waals surface area (Å²) in [5.74, 6) is 2.57. The van der Waals surface area contributed by atoms with Crippen molar-refractivity contribution in [3.05, 3.63) is 0 Å². The fraction of sp³-hybridized carbons (Fsp3) is 0.933. The summed E-state index contributed by atoms with van der Waals surface area (Å²) in [6, 6.07) is 0.754. The van der Waals surface area contributed by atoms with Crippen molar-refractivity contribution in [2.75, 3.05) is 45.9 Å². The largest absolute Gasteiger partial charge is 0.379 e. The van der Waals surface area contributed by atoms with Gasteiger partial charge in [-0.2, -0.15) is 0 Å². The van der Waals surface area contributed by atoms with Gasteiger partial charge in [0.05, 0.1) is 13.2 Å². The minimum absolute atomic E-state index is 0.173. The molecule has 2 amide bonds. The maximum absolute atomic E-state index is 12.3. The van der Waals surface area contributed by atoms with Crippen LogP contribution in [0.2, 0.25) is 0 Å². The lowest BCUT2D eigenvalue weighted by molar-refractivity contribution is 0.0112. The minimum Gasteiger partial charge on any atom is -0.379 e. The van der Waals surface area contributed by atoms with Crippen molar-refractivity contribution in [1.82, 2.24) is 15.1 Å². The highest BCUT2D eigenvalue weighted by Crippen LogP contribution is 2.55. The predicted molar refractivity (Wildman–Crippen MR) is 75.5 cm³/mol. The van der Waals surface area contributed by atoms with Crippen LogP contribution < -0.4 is 5.32 Å². The summed E-state index contributed by atoms with van der Waals surface area (Å²) in [6.07, 6.45) is 4.15. The van der Waals surface area contributed by atoms with E-state index in [9.17, 15) is 4.79 Å². The van der Waals surface area contributed by atoms with Crippen LogP contribution in [0.25, 0.3) is 0 Å². The molecule has 2 aliphatic heterocycles. The van der Waals surface area contributed by atoms with Gasteiger partial charge in [0.2, 0.25) is 0 Å². The van der Waals surface area contributed by atoms with E-state index in [0.717, 1.165) is 63.7 Å². The fourth-order valence-electron chi connectivity index (χ4n) is 4.80. The van der Waals surface area contributed by atoms with Gasteiger partial charge in [-0.25, -0.2) is 4.79 Å². The van der Waals surface area contributed by atoms with Crippen molar-refractivity contribution in [2.45, 2.75) is 25.3 Å². The van der Waals surface area contributed by atoms with Crippen LogP contribution >= 0.6 is 0 Å². The zero-order valence-electron chi connectivity index (χ0n) is 12.1. The van der Waals surface area contributed by atoms with Crippen LogP contribution in [-0.4, -0.2) is 67.8 Å². The molecule has 0 radical (unpaired) electrons. The average molecular weight is 279 g/mol. The number of carbonyl (C=O) groups excluding carboxylic acids is 1. The highest BCUT2D eigenvalue weighted by molar-refractivity contribution is 5.75. The minimum atomic E-state index is 0.173. The average Bonchev–Trinajstić information content (AvgIpc) is 2.96. The quantitative estimate of drug-likeness (QED) is 0.829. The van der Waals surface area contributed by atoms with Crippen LogP contribution in [0.3, 0.4) is 0 Å². The molecule has 0 unspecified atom stereocenters. The summed E-state index contributed by atoms with van der Waals surface area (Å²) >= 11 is 0. The predicted octanol–water partition coefficient (Wildman–Crippen LogP) is 0.758. The summed E-state index contributed by atoms with van der Waals surface area (Å²) in [7, 11) is 0. The van der Waals surface area contributed by atoms with Crippen LogP contribution in [0.4, 0.5) is 4.79 Å². The Hall–Kier alpha value is -0.810. The highest BCUT2D eigenvalue weighted by Gasteiger charge is 2.57. The van der Waals surface area contributed by atoms with Crippen molar-refractivity contribution >= 4 is 6.03 Å². The molecule has 2 heterocycles. The zero-order valence-corrected chi connectivity index (χ0v) is 12.1. The molecule has 4 aliphatic rings. The van der Waals surface area contributed by atoms with E-state index in [2.05, 4.69) is 15.1 Å². The number of amides is 2. The van der Waals surface area contributed by atoms with E-state index in [1.807, 2.05) is 0 Å². The van der Waals surface area contributed by atoms with Gasteiger partial charge in [-0.05, 0) is 31.1 Å². The normalized spacial score (nSPS) is 39.5. The molecule has 2 saturated heterocycles. The van der Waals surface area contributed by atoms with Crippen molar-refractivity contribution in [3.8, 4) is 0 Å². The van der Waals surface area contributed by atoms with Gasteiger partial charge < -0.3 is 15.0 Å². The molecule has 0 aromatic heterocycles. The maximum Gasteiger partial charge on any atom is 0.317 e. The van der Waals surface area contributed by atoms with Crippen LogP contribution in [0, 0.1) is 17.8 Å². The molecular weight excluding hydrogens is 254 g/mol. The second-order valence-electron chi connectivity index (χ2n) is 6.83. The Balaban J connectivity index is 1.21. The second kappa shape index (κ2) is 5.19. The summed E-state index contributed by atoms with van der Waals surface area (Å²) in [6.45, 7) is 6.36. The van der Waals surface area contributed by atoms with E-state index in [0.29, 0.717) is 6.04 Å².